The molecule has 0 saturated carbocycles. The van der Waals surface area contributed by atoms with Gasteiger partial charge in [-0.2, -0.15) is 18.2 Å². The topological polar surface area (TPSA) is 59.2 Å². The molecule has 0 aliphatic rings. The second-order valence-electron chi connectivity index (χ2n) is 4.23. The summed E-state index contributed by atoms with van der Waals surface area (Å²) in [7, 11) is 0. The van der Waals surface area contributed by atoms with Crippen LogP contribution >= 0.6 is 15.9 Å². The predicted octanol–water partition coefficient (Wildman–Crippen LogP) is 3.27. The Morgan fingerprint density at radius 3 is 2.70 bits per heavy atom. The zero-order valence-corrected chi connectivity index (χ0v) is 11.9. The van der Waals surface area contributed by atoms with Crippen LogP contribution in [0.3, 0.4) is 0 Å². The molecule has 8 heteroatoms. The van der Waals surface area contributed by atoms with Gasteiger partial charge in [-0.1, -0.05) is 21.1 Å². The van der Waals surface area contributed by atoms with Crippen molar-refractivity contribution in [2.45, 2.75) is 25.6 Å². The van der Waals surface area contributed by atoms with Crippen LogP contribution in [0, 0.1) is 6.92 Å². The number of aromatic nitrogens is 2. The van der Waals surface area contributed by atoms with Gasteiger partial charge < -0.3 is 9.63 Å². The van der Waals surface area contributed by atoms with Gasteiger partial charge in [0.25, 0.3) is 0 Å². The summed E-state index contributed by atoms with van der Waals surface area (Å²) in [4.78, 5) is 3.87. The Kier molecular flexibility index (Phi) is 4.14. The molecule has 1 atom stereocenters. The maximum absolute atomic E-state index is 12.2. The third-order valence-corrected chi connectivity index (χ3v) is 3.14. The van der Waals surface area contributed by atoms with Crippen LogP contribution in [0.5, 0.6) is 0 Å². The summed E-state index contributed by atoms with van der Waals surface area (Å²) < 4.78 is 42.3. The highest BCUT2D eigenvalue weighted by Gasteiger charge is 2.39. The third-order valence-electron chi connectivity index (χ3n) is 2.64. The smallest absolute Gasteiger partial charge is 0.383 e. The van der Waals surface area contributed by atoms with Crippen molar-refractivity contribution in [1.29, 1.82) is 0 Å². The van der Waals surface area contributed by atoms with Crippen LogP contribution < -0.4 is 0 Å². The monoisotopic (exact) mass is 350 g/mol. The first-order valence-electron chi connectivity index (χ1n) is 5.61. The van der Waals surface area contributed by atoms with E-state index in [-0.39, 0.29) is 11.7 Å². The van der Waals surface area contributed by atoms with Gasteiger partial charge in [-0.15, -0.1) is 0 Å². The van der Waals surface area contributed by atoms with E-state index in [0.717, 1.165) is 10.0 Å². The van der Waals surface area contributed by atoms with Crippen LogP contribution in [-0.4, -0.2) is 27.5 Å². The maximum atomic E-state index is 12.2. The molecule has 1 aromatic heterocycles. The van der Waals surface area contributed by atoms with Gasteiger partial charge in [0.15, 0.2) is 6.10 Å². The van der Waals surface area contributed by atoms with Crippen molar-refractivity contribution in [2.24, 2.45) is 0 Å². The molecular weight excluding hydrogens is 341 g/mol. The molecule has 0 spiro atoms. The molecule has 2 aromatic rings. The van der Waals surface area contributed by atoms with Crippen molar-refractivity contribution in [3.8, 4) is 11.4 Å². The third kappa shape index (κ3) is 3.37. The molecule has 108 valence electrons. The van der Waals surface area contributed by atoms with E-state index in [1.165, 1.54) is 0 Å². The van der Waals surface area contributed by atoms with Crippen molar-refractivity contribution < 1.29 is 22.8 Å². The van der Waals surface area contributed by atoms with Crippen LogP contribution in [0.1, 0.15) is 11.5 Å². The summed E-state index contributed by atoms with van der Waals surface area (Å²) in [6, 6.07) is 5.33. The zero-order valence-electron chi connectivity index (χ0n) is 10.3. The molecule has 1 N–H and O–H groups in total. The molecule has 1 aromatic carbocycles. The van der Waals surface area contributed by atoms with Gasteiger partial charge in [-0.05, 0) is 30.7 Å². The largest absolute Gasteiger partial charge is 0.414 e. The summed E-state index contributed by atoms with van der Waals surface area (Å²) in [5.74, 6) is -0.0634. The minimum absolute atomic E-state index is 0.194. The van der Waals surface area contributed by atoms with Gasteiger partial charge >= 0.3 is 6.18 Å². The van der Waals surface area contributed by atoms with Crippen LogP contribution in [0.4, 0.5) is 13.2 Å². The number of hydrogen-bond acceptors (Lipinski definition) is 4. The lowest BCUT2D eigenvalue weighted by Crippen LogP contribution is -2.30. The van der Waals surface area contributed by atoms with Gasteiger partial charge in [0, 0.05) is 10.0 Å². The van der Waals surface area contributed by atoms with Crippen LogP contribution in [0.25, 0.3) is 11.4 Å². The van der Waals surface area contributed by atoms with E-state index in [1.54, 1.807) is 12.1 Å². The fourth-order valence-electron chi connectivity index (χ4n) is 1.61. The Bertz CT molecular complexity index is 613. The zero-order chi connectivity index (χ0) is 14.9. The molecule has 0 fully saturated rings. The van der Waals surface area contributed by atoms with Crippen LogP contribution in [-0.2, 0) is 6.42 Å². The van der Waals surface area contributed by atoms with Crippen molar-refractivity contribution in [1.82, 2.24) is 10.1 Å². The second kappa shape index (κ2) is 5.53. The number of rotatable bonds is 3. The molecule has 1 unspecified atom stereocenters. The Morgan fingerprint density at radius 1 is 1.40 bits per heavy atom. The summed E-state index contributed by atoms with van der Waals surface area (Å²) in [5.41, 5.74) is 1.51. The normalized spacial score (nSPS) is 13.5. The van der Waals surface area contributed by atoms with E-state index < -0.39 is 18.7 Å². The van der Waals surface area contributed by atoms with E-state index in [2.05, 4.69) is 26.1 Å². The summed E-state index contributed by atoms with van der Waals surface area (Å²) in [6.07, 6.45) is -7.98. The number of benzene rings is 1. The van der Waals surface area contributed by atoms with Gasteiger partial charge in [0.05, 0.1) is 6.42 Å². The fourth-order valence-corrected chi connectivity index (χ4v) is 2.08. The second-order valence-corrected chi connectivity index (χ2v) is 5.15. The molecule has 1 heterocycles. The van der Waals surface area contributed by atoms with Crippen molar-refractivity contribution in [3.05, 3.63) is 34.1 Å². The number of hydrogen-bond donors (Lipinski definition) is 1. The Balaban J connectivity index is 2.21. The number of aryl methyl sites for hydroxylation is 1. The molecule has 0 aliphatic carbocycles. The number of nitrogens with zero attached hydrogens (tertiary/aromatic N) is 2. The Hall–Kier alpha value is -1.41. The molecule has 0 radical (unpaired) electrons. The summed E-state index contributed by atoms with van der Waals surface area (Å²) >= 11 is 3.31. The summed E-state index contributed by atoms with van der Waals surface area (Å²) in [5, 5.41) is 12.6. The first kappa shape index (κ1) is 15.0. The fraction of sp³-hybridized carbons (Fsp3) is 0.333. The SMILES string of the molecule is Cc1cc(Br)ccc1-c1noc(CC(O)C(F)(F)F)n1. The van der Waals surface area contributed by atoms with Gasteiger partial charge in [0.1, 0.15) is 0 Å². The number of halogens is 4. The minimum atomic E-state index is -4.71. The van der Waals surface area contributed by atoms with Gasteiger partial charge in [0.2, 0.25) is 11.7 Å². The van der Waals surface area contributed by atoms with Crippen molar-refractivity contribution in [3.63, 3.8) is 0 Å². The Morgan fingerprint density at radius 2 is 2.10 bits per heavy atom. The lowest BCUT2D eigenvalue weighted by Gasteiger charge is -2.11. The standard InChI is InChI=1S/C12H10BrF3N2O2/c1-6-4-7(13)2-3-8(6)11-17-10(20-18-11)5-9(19)12(14,15)16/h2-4,9,19H,5H2,1H3. The molecule has 0 bridgehead atoms. The number of alkyl halides is 3. The van der Waals surface area contributed by atoms with Crippen LogP contribution in [0.2, 0.25) is 0 Å². The molecule has 0 aliphatic heterocycles. The average Bonchev–Trinajstić information content (AvgIpc) is 2.76. The van der Waals surface area contributed by atoms with E-state index in [0.29, 0.717) is 5.56 Å². The predicted molar refractivity (Wildman–Crippen MR) is 67.9 cm³/mol. The minimum Gasteiger partial charge on any atom is -0.383 e. The number of aliphatic hydroxyl groups excluding tert-OH is 1. The van der Waals surface area contributed by atoms with Gasteiger partial charge in [-0.25, -0.2) is 0 Å². The van der Waals surface area contributed by atoms with Crippen molar-refractivity contribution >= 4 is 15.9 Å². The molecular formula is C12H10BrF3N2O2. The number of aliphatic hydroxyl groups is 1. The van der Waals surface area contributed by atoms with Crippen LogP contribution in [0.15, 0.2) is 27.2 Å². The van der Waals surface area contributed by atoms with E-state index in [4.69, 9.17) is 9.63 Å². The molecule has 0 amide bonds. The van der Waals surface area contributed by atoms with Gasteiger partial charge in [-0.3, -0.25) is 0 Å². The lowest BCUT2D eigenvalue weighted by atomic mass is 10.1. The molecule has 2 rings (SSSR count). The molecule has 0 saturated heterocycles. The van der Waals surface area contributed by atoms with E-state index in [9.17, 15) is 13.2 Å². The van der Waals surface area contributed by atoms with Crippen molar-refractivity contribution in [2.75, 3.05) is 0 Å². The maximum Gasteiger partial charge on any atom is 0.414 e. The Labute approximate surface area is 120 Å². The first-order chi connectivity index (χ1) is 9.27. The average molecular weight is 351 g/mol. The highest BCUT2D eigenvalue weighted by Crippen LogP contribution is 2.26. The van der Waals surface area contributed by atoms with E-state index in [1.807, 2.05) is 13.0 Å². The van der Waals surface area contributed by atoms with E-state index >= 15 is 0 Å². The first-order valence-corrected chi connectivity index (χ1v) is 6.40. The molecule has 4 nitrogen and oxygen atoms in total. The lowest BCUT2D eigenvalue weighted by molar-refractivity contribution is -0.204. The summed E-state index contributed by atoms with van der Waals surface area (Å²) in [6.45, 7) is 1.82. The molecule has 20 heavy (non-hydrogen) atoms. The highest BCUT2D eigenvalue weighted by molar-refractivity contribution is 9.10. The quantitative estimate of drug-likeness (QED) is 0.922. The highest BCUT2D eigenvalue weighted by atomic mass is 79.9.